The van der Waals surface area contributed by atoms with Gasteiger partial charge in [-0.1, -0.05) is 23.8 Å². The Kier molecular flexibility index (Phi) is 5.87. The fourth-order valence-corrected chi connectivity index (χ4v) is 2.29. The summed E-state index contributed by atoms with van der Waals surface area (Å²) in [5, 5.41) is 0. The summed E-state index contributed by atoms with van der Waals surface area (Å²) < 4.78 is 34.3. The van der Waals surface area contributed by atoms with Crippen molar-refractivity contribution in [3.05, 3.63) is 42.5 Å². The molecule has 1 aromatic carbocycles. The zero-order valence-corrected chi connectivity index (χ0v) is 13.5. The Morgan fingerprint density at radius 3 is 2.41 bits per heavy atom. The summed E-state index contributed by atoms with van der Waals surface area (Å²) in [6.07, 6.45) is 2.38. The van der Waals surface area contributed by atoms with Crippen molar-refractivity contribution in [2.24, 2.45) is 11.7 Å². The molecule has 2 unspecified atom stereocenters. The minimum atomic E-state index is -4.02. The lowest BCUT2D eigenvalue weighted by molar-refractivity contribution is -0.146. The van der Waals surface area contributed by atoms with Gasteiger partial charge in [-0.05, 0) is 32.4 Å². The molecule has 7 heteroatoms. The van der Waals surface area contributed by atoms with Crippen LogP contribution in [0.2, 0.25) is 0 Å². The molecule has 1 aliphatic carbocycles. The molecule has 1 aliphatic rings. The fourth-order valence-electron chi connectivity index (χ4n) is 1.81. The first-order chi connectivity index (χ1) is 10.1. The van der Waals surface area contributed by atoms with Crippen LogP contribution < -0.4 is 5.73 Å². The van der Waals surface area contributed by atoms with E-state index in [-0.39, 0.29) is 16.8 Å². The van der Waals surface area contributed by atoms with Crippen LogP contribution in [-0.4, -0.2) is 31.1 Å². The largest absolute Gasteiger partial charge is 0.465 e. The third kappa shape index (κ3) is 4.66. The molecular weight excluding hydrogens is 306 g/mol. The van der Waals surface area contributed by atoms with Gasteiger partial charge in [0.2, 0.25) is 0 Å². The standard InChI is InChI=1S/C8H13NO2.C7H8O3S/c1-3-6-5-8(6,9)7(10)11-4-2;1-6-2-4-7(5-3-6)11(8,9)10/h3,6H,1,4-5,9H2,2H3;2-5H,1H3,(H,8,9,10). The molecule has 0 amide bonds. The van der Waals surface area contributed by atoms with Crippen molar-refractivity contribution in [1.29, 1.82) is 0 Å². The SMILES string of the molecule is C=CC1CC1(N)C(=O)OCC.Cc1ccc(S(=O)(=O)O)cc1. The molecule has 0 radical (unpaired) electrons. The highest BCUT2D eigenvalue weighted by Crippen LogP contribution is 2.42. The van der Waals surface area contributed by atoms with E-state index in [1.54, 1.807) is 25.1 Å². The Morgan fingerprint density at radius 2 is 2.05 bits per heavy atom. The van der Waals surface area contributed by atoms with E-state index in [1.165, 1.54) is 12.1 Å². The molecule has 0 bridgehead atoms. The number of hydrogen-bond acceptors (Lipinski definition) is 5. The van der Waals surface area contributed by atoms with Crippen molar-refractivity contribution >= 4 is 16.1 Å². The number of benzene rings is 1. The monoisotopic (exact) mass is 327 g/mol. The van der Waals surface area contributed by atoms with E-state index in [4.69, 9.17) is 15.0 Å². The predicted octanol–water partition coefficient (Wildman–Crippen LogP) is 1.69. The molecule has 0 aliphatic heterocycles. The van der Waals surface area contributed by atoms with E-state index in [1.807, 2.05) is 6.92 Å². The van der Waals surface area contributed by atoms with Crippen LogP contribution in [0.15, 0.2) is 41.8 Å². The summed E-state index contributed by atoms with van der Waals surface area (Å²) in [5.41, 5.74) is 5.89. The Bertz CT molecular complexity index is 638. The van der Waals surface area contributed by atoms with Crippen LogP contribution in [0.4, 0.5) is 0 Å². The van der Waals surface area contributed by atoms with E-state index in [9.17, 15) is 13.2 Å². The molecule has 0 heterocycles. The highest BCUT2D eigenvalue weighted by Gasteiger charge is 2.56. The van der Waals surface area contributed by atoms with Crippen LogP contribution in [0.5, 0.6) is 0 Å². The van der Waals surface area contributed by atoms with Crippen LogP contribution in [0.25, 0.3) is 0 Å². The van der Waals surface area contributed by atoms with Crippen molar-refractivity contribution in [2.75, 3.05) is 6.61 Å². The van der Waals surface area contributed by atoms with Gasteiger partial charge in [0.05, 0.1) is 11.5 Å². The Morgan fingerprint density at radius 1 is 1.50 bits per heavy atom. The molecule has 22 heavy (non-hydrogen) atoms. The molecule has 3 N–H and O–H groups in total. The van der Waals surface area contributed by atoms with Crippen molar-refractivity contribution < 1.29 is 22.5 Å². The lowest BCUT2D eigenvalue weighted by Gasteiger charge is -2.07. The van der Waals surface area contributed by atoms with Gasteiger partial charge in [-0.25, -0.2) is 0 Å². The summed E-state index contributed by atoms with van der Waals surface area (Å²) in [6.45, 7) is 7.57. The predicted molar refractivity (Wildman–Crippen MR) is 82.8 cm³/mol. The number of aryl methyl sites for hydroxylation is 1. The third-order valence-corrected chi connectivity index (χ3v) is 4.19. The second-order valence-corrected chi connectivity index (χ2v) is 6.52. The molecule has 2 atom stereocenters. The number of hydrogen-bond donors (Lipinski definition) is 2. The van der Waals surface area contributed by atoms with Crippen LogP contribution in [0.1, 0.15) is 18.9 Å². The Balaban J connectivity index is 0.000000220. The molecule has 1 saturated carbocycles. The number of carbonyl (C=O) groups excluding carboxylic acids is 1. The summed E-state index contributed by atoms with van der Waals surface area (Å²) in [5.74, 6) is -0.188. The van der Waals surface area contributed by atoms with Gasteiger partial charge in [0.1, 0.15) is 5.54 Å². The average molecular weight is 327 g/mol. The lowest BCUT2D eigenvalue weighted by atomic mass is 10.2. The van der Waals surface area contributed by atoms with Gasteiger partial charge in [-0.2, -0.15) is 8.42 Å². The summed E-state index contributed by atoms with van der Waals surface area (Å²) in [7, 11) is -4.02. The number of esters is 1. The van der Waals surface area contributed by atoms with Gasteiger partial charge in [-0.3, -0.25) is 9.35 Å². The highest BCUT2D eigenvalue weighted by atomic mass is 32.2. The van der Waals surface area contributed by atoms with E-state index in [0.29, 0.717) is 13.0 Å². The summed E-state index contributed by atoms with van der Waals surface area (Å²) in [6, 6.07) is 5.99. The van der Waals surface area contributed by atoms with Gasteiger partial charge >= 0.3 is 5.97 Å². The maximum absolute atomic E-state index is 11.1. The molecule has 0 aromatic heterocycles. The minimum absolute atomic E-state index is 0.0666. The molecule has 1 fully saturated rings. The van der Waals surface area contributed by atoms with E-state index >= 15 is 0 Å². The van der Waals surface area contributed by atoms with Crippen LogP contribution in [0, 0.1) is 12.8 Å². The van der Waals surface area contributed by atoms with E-state index in [2.05, 4.69) is 6.58 Å². The molecule has 2 rings (SSSR count). The van der Waals surface area contributed by atoms with Crippen molar-refractivity contribution in [3.8, 4) is 0 Å². The first-order valence-electron chi connectivity index (χ1n) is 6.78. The zero-order chi connectivity index (χ0) is 17.0. The summed E-state index contributed by atoms with van der Waals surface area (Å²) in [4.78, 5) is 11.0. The molecule has 122 valence electrons. The van der Waals surface area contributed by atoms with Crippen LogP contribution in [0.3, 0.4) is 0 Å². The summed E-state index contributed by atoms with van der Waals surface area (Å²) >= 11 is 0. The maximum Gasteiger partial charge on any atom is 0.326 e. The second kappa shape index (κ2) is 7.04. The molecule has 0 spiro atoms. The van der Waals surface area contributed by atoms with Gasteiger partial charge in [0.15, 0.2) is 0 Å². The first-order valence-corrected chi connectivity index (χ1v) is 8.22. The Hall–Kier alpha value is -1.70. The second-order valence-electron chi connectivity index (χ2n) is 5.10. The molecule has 0 saturated heterocycles. The normalized spacial score (nSPS) is 23.0. The van der Waals surface area contributed by atoms with Crippen molar-refractivity contribution in [3.63, 3.8) is 0 Å². The van der Waals surface area contributed by atoms with Gasteiger partial charge in [0, 0.05) is 5.92 Å². The lowest BCUT2D eigenvalue weighted by Crippen LogP contribution is -2.36. The first kappa shape index (κ1) is 18.3. The molecule has 6 nitrogen and oxygen atoms in total. The van der Waals surface area contributed by atoms with E-state index in [0.717, 1.165) is 5.56 Å². The van der Waals surface area contributed by atoms with E-state index < -0.39 is 15.7 Å². The average Bonchev–Trinajstić information content (AvgIpc) is 3.12. The van der Waals surface area contributed by atoms with Crippen molar-refractivity contribution in [1.82, 2.24) is 0 Å². The fraction of sp³-hybridized carbons (Fsp3) is 0.400. The molecule has 1 aromatic rings. The number of nitrogens with two attached hydrogens (primary N) is 1. The molecular formula is C15H21NO5S. The maximum atomic E-state index is 11.1. The zero-order valence-electron chi connectivity index (χ0n) is 12.7. The van der Waals surface area contributed by atoms with Crippen LogP contribution >= 0.6 is 0 Å². The number of carbonyl (C=O) groups is 1. The third-order valence-electron chi connectivity index (χ3n) is 3.32. The number of rotatable bonds is 4. The van der Waals surface area contributed by atoms with Gasteiger partial charge in [-0.15, -0.1) is 6.58 Å². The van der Waals surface area contributed by atoms with Gasteiger partial charge in [0.25, 0.3) is 10.1 Å². The number of ether oxygens (including phenoxy) is 1. The van der Waals surface area contributed by atoms with Crippen LogP contribution in [-0.2, 0) is 19.6 Å². The van der Waals surface area contributed by atoms with Crippen molar-refractivity contribution in [2.45, 2.75) is 30.7 Å². The topological polar surface area (TPSA) is 107 Å². The smallest absolute Gasteiger partial charge is 0.326 e. The van der Waals surface area contributed by atoms with Gasteiger partial charge < -0.3 is 10.5 Å². The highest BCUT2D eigenvalue weighted by molar-refractivity contribution is 7.85. The quantitative estimate of drug-likeness (QED) is 0.495. The Labute approximate surface area is 130 Å². The minimum Gasteiger partial charge on any atom is -0.465 e.